The number of nitrogens with zero attached hydrogens (tertiary/aromatic N) is 1. The van der Waals surface area contributed by atoms with Crippen molar-refractivity contribution in [3.8, 4) is 0 Å². The van der Waals surface area contributed by atoms with Gasteiger partial charge in [0.05, 0.1) is 18.1 Å². The molecule has 9 heteroatoms. The maximum atomic E-state index is 12.1. The number of esters is 1. The van der Waals surface area contributed by atoms with Gasteiger partial charge in [0, 0.05) is 17.6 Å². The van der Waals surface area contributed by atoms with Gasteiger partial charge in [-0.2, -0.15) is 0 Å². The molecule has 2 N–H and O–H groups in total. The summed E-state index contributed by atoms with van der Waals surface area (Å²) in [4.78, 5) is 40.8. The number of likely N-dealkylation sites (N-methyl/N-ethyl adjacent to an activating group) is 1. The first kappa shape index (κ1) is 19.0. The highest BCUT2D eigenvalue weighted by Gasteiger charge is 2.18. The zero-order chi connectivity index (χ0) is 18.2. The fraction of sp³-hybridized carbons (Fsp3) is 0.312. The average Bonchev–Trinajstić information content (AvgIpc) is 3.26. The van der Waals surface area contributed by atoms with Gasteiger partial charge in [-0.3, -0.25) is 9.59 Å². The van der Waals surface area contributed by atoms with E-state index in [9.17, 15) is 14.4 Å². The summed E-state index contributed by atoms with van der Waals surface area (Å²) in [5, 5.41) is 5.05. The van der Waals surface area contributed by atoms with Gasteiger partial charge in [-0.1, -0.05) is 17.7 Å². The summed E-state index contributed by atoms with van der Waals surface area (Å²) in [6, 6.07) is 5.23. The van der Waals surface area contributed by atoms with Crippen LogP contribution in [0.4, 0.5) is 0 Å². The zero-order valence-corrected chi connectivity index (χ0v) is 15.2. The van der Waals surface area contributed by atoms with E-state index in [0.717, 1.165) is 4.88 Å². The Hall–Kier alpha value is -2.32. The number of nitrogens with one attached hydrogen (secondary N) is 2. The van der Waals surface area contributed by atoms with Gasteiger partial charge in [-0.05, 0) is 24.4 Å². The molecule has 2 amide bonds. The molecule has 2 heterocycles. The number of hydrogen-bond donors (Lipinski definition) is 2. The van der Waals surface area contributed by atoms with E-state index in [2.05, 4.69) is 10.3 Å². The number of ether oxygens (including phenoxy) is 1. The normalized spacial score (nSPS) is 10.3. The van der Waals surface area contributed by atoms with Crippen LogP contribution >= 0.6 is 22.9 Å². The molecule has 2 aromatic rings. The number of halogens is 1. The number of aromatic amines is 1. The summed E-state index contributed by atoms with van der Waals surface area (Å²) in [5.41, 5.74) is 0.162. The van der Waals surface area contributed by atoms with Gasteiger partial charge in [0.25, 0.3) is 5.91 Å². The molecule has 2 rings (SSSR count). The summed E-state index contributed by atoms with van der Waals surface area (Å²) >= 11 is 7.25. The molecule has 0 spiro atoms. The van der Waals surface area contributed by atoms with Crippen LogP contribution in [-0.2, 0) is 20.9 Å². The number of amides is 2. The van der Waals surface area contributed by atoms with E-state index in [4.69, 9.17) is 16.3 Å². The minimum absolute atomic E-state index is 0.0907. The molecule has 0 saturated carbocycles. The minimum atomic E-state index is -0.682. The maximum Gasteiger partial charge on any atom is 0.355 e. The van der Waals surface area contributed by atoms with E-state index < -0.39 is 18.5 Å². The van der Waals surface area contributed by atoms with Gasteiger partial charge in [-0.25, -0.2) is 4.79 Å². The summed E-state index contributed by atoms with van der Waals surface area (Å²) in [5.74, 6) is -1.40. The van der Waals surface area contributed by atoms with E-state index in [-0.39, 0.29) is 18.1 Å². The number of hydrogen-bond acceptors (Lipinski definition) is 5. The molecule has 0 bridgehead atoms. The predicted molar refractivity (Wildman–Crippen MR) is 94.5 cm³/mol. The lowest BCUT2D eigenvalue weighted by molar-refractivity contribution is -0.138. The van der Waals surface area contributed by atoms with Crippen LogP contribution in [0.25, 0.3) is 0 Å². The van der Waals surface area contributed by atoms with Crippen molar-refractivity contribution in [2.75, 3.05) is 19.7 Å². The van der Waals surface area contributed by atoms with Crippen molar-refractivity contribution in [1.29, 1.82) is 0 Å². The van der Waals surface area contributed by atoms with E-state index in [0.29, 0.717) is 18.1 Å². The van der Waals surface area contributed by atoms with Gasteiger partial charge >= 0.3 is 5.97 Å². The number of rotatable bonds is 8. The Morgan fingerprint density at radius 2 is 2.20 bits per heavy atom. The Morgan fingerprint density at radius 1 is 1.40 bits per heavy atom. The first-order valence-electron chi connectivity index (χ1n) is 7.57. The van der Waals surface area contributed by atoms with E-state index in [1.54, 1.807) is 18.3 Å². The maximum absolute atomic E-state index is 12.1. The lowest BCUT2D eigenvalue weighted by atomic mass is 10.4. The highest BCUT2D eigenvalue weighted by Crippen LogP contribution is 2.10. The Labute approximate surface area is 153 Å². The monoisotopic (exact) mass is 383 g/mol. The topological polar surface area (TPSA) is 91.5 Å². The van der Waals surface area contributed by atoms with Crippen molar-refractivity contribution in [3.63, 3.8) is 0 Å². The second-order valence-corrected chi connectivity index (χ2v) is 6.54. The molecule has 2 aromatic heterocycles. The molecule has 0 unspecified atom stereocenters. The van der Waals surface area contributed by atoms with Crippen LogP contribution in [0.15, 0.2) is 29.8 Å². The third-order valence-electron chi connectivity index (χ3n) is 3.30. The summed E-state index contributed by atoms with van der Waals surface area (Å²) < 4.78 is 4.94. The fourth-order valence-corrected chi connectivity index (χ4v) is 2.79. The molecule has 0 saturated heterocycles. The first-order valence-corrected chi connectivity index (χ1v) is 8.83. The van der Waals surface area contributed by atoms with Crippen LogP contribution in [0.2, 0.25) is 5.02 Å². The second-order valence-electron chi connectivity index (χ2n) is 5.07. The summed E-state index contributed by atoms with van der Waals surface area (Å²) in [6.45, 7) is 1.97. The predicted octanol–water partition coefficient (Wildman–Crippen LogP) is 2.05. The van der Waals surface area contributed by atoms with E-state index in [1.165, 1.54) is 17.2 Å². The number of H-pyrrole nitrogens is 1. The van der Waals surface area contributed by atoms with Crippen molar-refractivity contribution in [2.45, 2.75) is 13.5 Å². The van der Waals surface area contributed by atoms with Gasteiger partial charge < -0.3 is 19.9 Å². The van der Waals surface area contributed by atoms with Crippen LogP contribution in [0.3, 0.4) is 0 Å². The van der Waals surface area contributed by atoms with Crippen molar-refractivity contribution in [3.05, 3.63) is 45.4 Å². The second kappa shape index (κ2) is 9.24. The molecule has 0 fully saturated rings. The zero-order valence-electron chi connectivity index (χ0n) is 13.6. The molecular formula is C16H18ClN3O4S. The van der Waals surface area contributed by atoms with Crippen LogP contribution in [0.1, 0.15) is 22.3 Å². The molecule has 0 atom stereocenters. The standard InChI is InChI=1S/C16H18ClN3O4S/c1-2-20(9-14(21)19-8-12-4-3-5-25-12)15(22)10-24-16(23)13-6-11(17)7-18-13/h3-7,18H,2,8-10H2,1H3,(H,19,21). The lowest BCUT2D eigenvalue weighted by Crippen LogP contribution is -2.42. The Balaban J connectivity index is 1.77. The Morgan fingerprint density at radius 3 is 2.80 bits per heavy atom. The van der Waals surface area contributed by atoms with Crippen LogP contribution in [-0.4, -0.2) is 47.4 Å². The molecule has 25 heavy (non-hydrogen) atoms. The SMILES string of the molecule is CCN(CC(=O)NCc1cccs1)C(=O)COC(=O)c1cc(Cl)c[nH]1. The minimum Gasteiger partial charge on any atom is -0.451 e. The summed E-state index contributed by atoms with van der Waals surface area (Å²) in [7, 11) is 0. The third kappa shape index (κ3) is 5.91. The Kier molecular flexibility index (Phi) is 7.03. The number of carbonyl (C=O) groups excluding carboxylic acids is 3. The molecule has 0 aliphatic rings. The van der Waals surface area contributed by atoms with Crippen molar-refractivity contribution in [1.82, 2.24) is 15.2 Å². The largest absolute Gasteiger partial charge is 0.451 e. The summed E-state index contributed by atoms with van der Waals surface area (Å²) in [6.07, 6.45) is 1.44. The van der Waals surface area contributed by atoms with Crippen molar-refractivity contribution >= 4 is 40.7 Å². The molecule has 7 nitrogen and oxygen atoms in total. The molecular weight excluding hydrogens is 366 g/mol. The molecule has 0 radical (unpaired) electrons. The van der Waals surface area contributed by atoms with Crippen LogP contribution < -0.4 is 5.32 Å². The van der Waals surface area contributed by atoms with Crippen molar-refractivity contribution in [2.24, 2.45) is 0 Å². The van der Waals surface area contributed by atoms with Gasteiger partial charge in [-0.15, -0.1) is 11.3 Å². The fourth-order valence-electron chi connectivity index (χ4n) is 1.99. The molecule has 134 valence electrons. The molecule has 0 aliphatic carbocycles. The van der Waals surface area contributed by atoms with Crippen LogP contribution in [0.5, 0.6) is 0 Å². The lowest BCUT2D eigenvalue weighted by Gasteiger charge is -2.20. The smallest absolute Gasteiger partial charge is 0.355 e. The highest BCUT2D eigenvalue weighted by molar-refractivity contribution is 7.09. The van der Waals surface area contributed by atoms with Gasteiger partial charge in [0.15, 0.2) is 6.61 Å². The van der Waals surface area contributed by atoms with Gasteiger partial charge in [0.2, 0.25) is 5.91 Å². The number of aromatic nitrogens is 1. The average molecular weight is 384 g/mol. The first-order chi connectivity index (χ1) is 12.0. The highest BCUT2D eigenvalue weighted by atomic mass is 35.5. The van der Waals surface area contributed by atoms with Crippen LogP contribution in [0, 0.1) is 0 Å². The van der Waals surface area contributed by atoms with E-state index >= 15 is 0 Å². The molecule has 0 aromatic carbocycles. The number of thiophene rings is 1. The quantitative estimate of drug-likeness (QED) is 0.682. The van der Waals surface area contributed by atoms with E-state index in [1.807, 2.05) is 17.5 Å². The Bertz CT molecular complexity index is 730. The number of carbonyl (C=O) groups is 3. The molecule has 0 aliphatic heterocycles. The van der Waals surface area contributed by atoms with Gasteiger partial charge in [0.1, 0.15) is 5.69 Å². The van der Waals surface area contributed by atoms with Crippen molar-refractivity contribution < 1.29 is 19.1 Å². The third-order valence-corrected chi connectivity index (χ3v) is 4.40.